The lowest BCUT2D eigenvalue weighted by atomic mass is 9.90. The predicted molar refractivity (Wildman–Crippen MR) is 82.7 cm³/mol. The van der Waals surface area contributed by atoms with Crippen LogP contribution in [0.2, 0.25) is 0 Å². The van der Waals surface area contributed by atoms with E-state index in [1.54, 1.807) is 12.3 Å². The van der Waals surface area contributed by atoms with Gasteiger partial charge in [0.2, 0.25) is 0 Å². The molecule has 0 saturated carbocycles. The van der Waals surface area contributed by atoms with Crippen LogP contribution >= 0.6 is 11.8 Å². The van der Waals surface area contributed by atoms with Gasteiger partial charge in [0.1, 0.15) is 0 Å². The number of rotatable bonds is 4. The Morgan fingerprint density at radius 1 is 1.35 bits per heavy atom. The second-order valence-electron chi connectivity index (χ2n) is 5.27. The number of hydrogen-bond acceptors (Lipinski definition) is 4. The summed E-state index contributed by atoms with van der Waals surface area (Å²) in [5, 5.41) is 0.697. The largest absolute Gasteiger partial charge is 0.294 e. The monoisotopic (exact) mass is 286 g/mol. The predicted octanol–water partition coefficient (Wildman–Crippen LogP) is 3.39. The van der Waals surface area contributed by atoms with E-state index in [4.69, 9.17) is 0 Å². The number of allylic oxidation sites excluding steroid dienone is 6. The quantitative estimate of drug-likeness (QED) is 0.628. The number of hydrogen-bond donors (Lipinski definition) is 0. The van der Waals surface area contributed by atoms with E-state index in [-0.39, 0.29) is 11.2 Å². The standard InChI is InChI=1S/C16H18N2OS/c1-16(2)8-5-4-6-12(11-16)14(19)10-13-7-9-17-15(18-13)20-3/h4-9,11H,10H2,1-3H3. The van der Waals surface area contributed by atoms with Gasteiger partial charge in [0.25, 0.3) is 0 Å². The average molecular weight is 286 g/mol. The van der Waals surface area contributed by atoms with Crippen LogP contribution in [0.5, 0.6) is 0 Å². The summed E-state index contributed by atoms with van der Waals surface area (Å²) in [6.45, 7) is 4.17. The lowest BCUT2D eigenvalue weighted by molar-refractivity contribution is -0.114. The van der Waals surface area contributed by atoms with E-state index < -0.39 is 0 Å². The third-order valence-electron chi connectivity index (χ3n) is 2.98. The molecule has 0 spiro atoms. The van der Waals surface area contributed by atoms with Crippen molar-refractivity contribution in [1.29, 1.82) is 0 Å². The number of thioether (sulfide) groups is 1. The maximum absolute atomic E-state index is 12.4. The smallest absolute Gasteiger partial charge is 0.187 e. The Balaban J connectivity index is 2.17. The molecule has 2 rings (SSSR count). The van der Waals surface area contributed by atoms with Gasteiger partial charge >= 0.3 is 0 Å². The Morgan fingerprint density at radius 2 is 2.15 bits per heavy atom. The molecule has 0 aromatic carbocycles. The van der Waals surface area contributed by atoms with E-state index in [0.29, 0.717) is 11.6 Å². The Morgan fingerprint density at radius 3 is 2.90 bits per heavy atom. The lowest BCUT2D eigenvalue weighted by Crippen LogP contribution is -2.11. The average Bonchev–Trinajstić information content (AvgIpc) is 2.60. The molecule has 1 aromatic heterocycles. The summed E-state index contributed by atoms with van der Waals surface area (Å²) < 4.78 is 0. The van der Waals surface area contributed by atoms with Crippen LogP contribution in [0.25, 0.3) is 0 Å². The summed E-state index contributed by atoms with van der Waals surface area (Å²) in [6.07, 6.45) is 13.8. The lowest BCUT2D eigenvalue weighted by Gasteiger charge is -2.14. The van der Waals surface area contributed by atoms with Gasteiger partial charge in [-0.05, 0) is 12.3 Å². The SMILES string of the molecule is CSc1nccc(CC(=O)C2=CC(C)(C)C=CC=C2)n1. The fraction of sp³-hybridized carbons (Fsp3) is 0.312. The minimum Gasteiger partial charge on any atom is -0.294 e. The van der Waals surface area contributed by atoms with Gasteiger partial charge in [-0.1, -0.05) is 56.0 Å². The zero-order valence-electron chi connectivity index (χ0n) is 12.0. The molecule has 1 aromatic rings. The van der Waals surface area contributed by atoms with Crippen molar-refractivity contribution in [2.45, 2.75) is 25.4 Å². The van der Waals surface area contributed by atoms with Crippen LogP contribution in [-0.4, -0.2) is 22.0 Å². The van der Waals surface area contributed by atoms with Crippen LogP contribution < -0.4 is 0 Å². The van der Waals surface area contributed by atoms with Crippen LogP contribution in [0.4, 0.5) is 0 Å². The summed E-state index contributed by atoms with van der Waals surface area (Å²) in [5.41, 5.74) is 1.40. The van der Waals surface area contributed by atoms with Crippen molar-refractivity contribution in [3.63, 3.8) is 0 Å². The summed E-state index contributed by atoms with van der Waals surface area (Å²) >= 11 is 1.48. The Kier molecular flexibility index (Phi) is 4.55. The maximum atomic E-state index is 12.4. The van der Waals surface area contributed by atoms with Crippen LogP contribution in [0.15, 0.2) is 53.4 Å². The fourth-order valence-corrected chi connectivity index (χ4v) is 2.35. The molecule has 1 heterocycles. The highest BCUT2D eigenvalue weighted by molar-refractivity contribution is 7.98. The number of carbonyl (C=O) groups is 1. The summed E-state index contributed by atoms with van der Waals surface area (Å²) in [5.74, 6) is 0.0868. The van der Waals surface area contributed by atoms with E-state index in [1.165, 1.54) is 11.8 Å². The van der Waals surface area contributed by atoms with Crippen LogP contribution in [-0.2, 0) is 11.2 Å². The third-order valence-corrected chi connectivity index (χ3v) is 3.54. The van der Waals surface area contributed by atoms with Crippen molar-refractivity contribution in [3.8, 4) is 0 Å². The Labute approximate surface area is 123 Å². The van der Waals surface area contributed by atoms with Gasteiger partial charge in [-0.2, -0.15) is 0 Å². The molecule has 0 radical (unpaired) electrons. The van der Waals surface area contributed by atoms with Crippen molar-refractivity contribution in [1.82, 2.24) is 9.97 Å². The molecule has 1 aliphatic rings. The minimum absolute atomic E-state index is 0.0868. The topological polar surface area (TPSA) is 42.9 Å². The highest BCUT2D eigenvalue weighted by Gasteiger charge is 2.17. The van der Waals surface area contributed by atoms with Gasteiger partial charge in [0, 0.05) is 17.2 Å². The van der Waals surface area contributed by atoms with Gasteiger partial charge < -0.3 is 0 Å². The van der Waals surface area contributed by atoms with Crippen molar-refractivity contribution >= 4 is 17.5 Å². The number of nitrogens with zero attached hydrogens (tertiary/aromatic N) is 2. The van der Waals surface area contributed by atoms with Crippen LogP contribution in [0.3, 0.4) is 0 Å². The number of Topliss-reactive ketones (excluding diaryl/α,β-unsaturated/α-hetero) is 1. The molecule has 0 unspecified atom stereocenters. The molecule has 1 aliphatic carbocycles. The Bertz CT molecular complexity index is 600. The fourth-order valence-electron chi connectivity index (χ4n) is 1.97. The van der Waals surface area contributed by atoms with Crippen LogP contribution in [0.1, 0.15) is 19.5 Å². The molecule has 20 heavy (non-hydrogen) atoms. The molecule has 0 saturated heterocycles. The minimum atomic E-state index is -0.107. The summed E-state index contributed by atoms with van der Waals surface area (Å²) in [4.78, 5) is 20.9. The van der Waals surface area contributed by atoms with Crippen molar-refractivity contribution in [2.75, 3.05) is 6.26 Å². The molecule has 0 N–H and O–H groups in total. The third kappa shape index (κ3) is 3.90. The number of ketones is 1. The van der Waals surface area contributed by atoms with E-state index in [1.807, 2.05) is 30.6 Å². The first-order valence-electron chi connectivity index (χ1n) is 6.48. The summed E-state index contributed by atoms with van der Waals surface area (Å²) in [6, 6.07) is 1.79. The zero-order valence-corrected chi connectivity index (χ0v) is 12.8. The number of carbonyl (C=O) groups excluding carboxylic acids is 1. The van der Waals surface area contributed by atoms with Crippen molar-refractivity contribution < 1.29 is 4.79 Å². The normalized spacial score (nSPS) is 16.6. The highest BCUT2D eigenvalue weighted by Crippen LogP contribution is 2.24. The highest BCUT2D eigenvalue weighted by atomic mass is 32.2. The van der Waals surface area contributed by atoms with Crippen molar-refractivity contribution in [2.24, 2.45) is 5.41 Å². The molecule has 0 bridgehead atoms. The molecule has 0 atom stereocenters. The van der Waals surface area contributed by atoms with Gasteiger partial charge in [-0.15, -0.1) is 0 Å². The molecule has 104 valence electrons. The number of aromatic nitrogens is 2. The van der Waals surface area contributed by atoms with Gasteiger partial charge in [-0.3, -0.25) is 4.79 Å². The molecular formula is C16H18N2OS. The maximum Gasteiger partial charge on any atom is 0.187 e. The van der Waals surface area contributed by atoms with Gasteiger partial charge in [0.15, 0.2) is 10.9 Å². The zero-order chi connectivity index (χ0) is 14.6. The first kappa shape index (κ1) is 14.7. The molecule has 0 amide bonds. The van der Waals surface area contributed by atoms with Crippen molar-refractivity contribution in [3.05, 3.63) is 53.9 Å². The second kappa shape index (κ2) is 6.18. The first-order valence-corrected chi connectivity index (χ1v) is 7.70. The van der Waals surface area contributed by atoms with Crippen LogP contribution in [0, 0.1) is 5.41 Å². The summed E-state index contributed by atoms with van der Waals surface area (Å²) in [7, 11) is 0. The van der Waals surface area contributed by atoms with Gasteiger partial charge in [-0.25, -0.2) is 9.97 Å². The van der Waals surface area contributed by atoms with E-state index in [9.17, 15) is 4.79 Å². The molecule has 4 heteroatoms. The Hall–Kier alpha value is -1.68. The molecule has 3 nitrogen and oxygen atoms in total. The molecular weight excluding hydrogens is 268 g/mol. The van der Waals surface area contributed by atoms with E-state index in [2.05, 4.69) is 29.9 Å². The van der Waals surface area contributed by atoms with E-state index >= 15 is 0 Å². The second-order valence-corrected chi connectivity index (χ2v) is 6.05. The van der Waals surface area contributed by atoms with E-state index in [0.717, 1.165) is 11.3 Å². The first-order chi connectivity index (χ1) is 9.50. The van der Waals surface area contributed by atoms with Gasteiger partial charge in [0.05, 0.1) is 12.1 Å². The molecule has 0 fully saturated rings. The molecule has 0 aliphatic heterocycles.